The van der Waals surface area contributed by atoms with E-state index in [0.29, 0.717) is 6.23 Å². The fourth-order valence-corrected chi connectivity index (χ4v) is 9.30. The summed E-state index contributed by atoms with van der Waals surface area (Å²) in [5.41, 5.74) is -0.714. The number of rotatable bonds is 9. The van der Waals surface area contributed by atoms with Crippen molar-refractivity contribution < 1.29 is 23.2 Å². The lowest BCUT2D eigenvalue weighted by Crippen LogP contribution is -2.47. The Kier molecular flexibility index (Phi) is 12.1. The van der Waals surface area contributed by atoms with Gasteiger partial charge in [-0.15, -0.1) is 0 Å². The van der Waals surface area contributed by atoms with Gasteiger partial charge in [0.25, 0.3) is 0 Å². The van der Waals surface area contributed by atoms with Crippen LogP contribution in [-0.2, 0) is 23.2 Å². The van der Waals surface area contributed by atoms with Crippen molar-refractivity contribution in [3.63, 3.8) is 0 Å². The van der Waals surface area contributed by atoms with Crippen LogP contribution < -0.4 is 0 Å². The quantitative estimate of drug-likeness (QED) is 0.332. The Morgan fingerprint density at radius 1 is 0.821 bits per heavy atom. The highest BCUT2D eigenvalue weighted by atomic mass is 28.4. The molecule has 168 valence electrons. The molecule has 0 rings (SSSR count). The summed E-state index contributed by atoms with van der Waals surface area (Å²) < 4.78 is 16.6. The molecule has 0 aromatic rings. The zero-order valence-electron chi connectivity index (χ0n) is 20.7. The van der Waals surface area contributed by atoms with Crippen molar-refractivity contribution in [2.24, 2.45) is 10.8 Å². The third-order valence-electron chi connectivity index (χ3n) is 4.35. The Bertz CT molecular complexity index is 492. The van der Waals surface area contributed by atoms with E-state index in [-0.39, 0.29) is 28.9 Å². The highest BCUT2D eigenvalue weighted by Gasteiger charge is 2.34. The summed E-state index contributed by atoms with van der Waals surface area (Å²) in [4.78, 5) is 23.1. The van der Waals surface area contributed by atoms with Crippen LogP contribution in [0.2, 0.25) is 32.7 Å². The second kappa shape index (κ2) is 11.5. The molecule has 0 amide bonds. The van der Waals surface area contributed by atoms with Gasteiger partial charge < -0.3 is 13.6 Å². The lowest BCUT2D eigenvalue weighted by molar-refractivity contribution is -0.158. The second-order valence-electron chi connectivity index (χ2n) is 10.5. The van der Waals surface area contributed by atoms with Crippen LogP contribution in [0.5, 0.6) is 0 Å². The molecule has 0 atom stereocenters. The molecule has 0 saturated heterocycles. The molecule has 0 aliphatic rings. The van der Waals surface area contributed by atoms with Crippen LogP contribution in [-0.4, -0.2) is 40.9 Å². The Balaban J connectivity index is 0. The minimum Gasteiger partial charge on any atom is -0.466 e. The average Bonchev–Trinajstić information content (AvgIpc) is 2.50. The minimum atomic E-state index is -1.87. The molecular formula is C21H46O5Si2. The van der Waals surface area contributed by atoms with Gasteiger partial charge in [-0.05, 0) is 87.1 Å². The molecular weight excluding hydrogens is 388 g/mol. The molecule has 0 unspecified atom stereocenters. The first-order chi connectivity index (χ1) is 12.3. The summed E-state index contributed by atoms with van der Waals surface area (Å²) in [5, 5.41) is 0. The smallest absolute Gasteiger partial charge is 0.311 e. The zero-order chi connectivity index (χ0) is 23.0. The minimum absolute atomic E-state index is 0.00618. The standard InChI is InChI=1S/C12H28O3Si2.C9H18O2/c1-9-12(2,3)11(13)14-10-17(7,8)15-16(4,5)6;1-6-9(4,5)8(10)11-7(2)3/h9-10H2,1-8H3;7H,6H2,1-5H3. The fourth-order valence-electron chi connectivity index (χ4n) is 1.96. The molecule has 0 radical (unpaired) electrons. The van der Waals surface area contributed by atoms with Gasteiger partial charge in [-0.25, -0.2) is 0 Å². The molecule has 0 aromatic heterocycles. The van der Waals surface area contributed by atoms with Gasteiger partial charge in [0, 0.05) is 0 Å². The van der Waals surface area contributed by atoms with Crippen LogP contribution in [0.15, 0.2) is 0 Å². The maximum Gasteiger partial charge on any atom is 0.311 e. The summed E-state index contributed by atoms with van der Waals surface area (Å²) in [5.74, 6) is -0.213. The predicted octanol–water partition coefficient (Wildman–Crippen LogP) is 5.94. The number of carbonyl (C=O) groups excluding carboxylic acids is 2. The number of hydrogen-bond acceptors (Lipinski definition) is 5. The van der Waals surface area contributed by atoms with E-state index in [2.05, 4.69) is 32.7 Å². The number of carbonyl (C=O) groups is 2. The second-order valence-corrected chi connectivity index (χ2v) is 19.3. The zero-order valence-corrected chi connectivity index (χ0v) is 22.7. The lowest BCUT2D eigenvalue weighted by atomic mass is 9.91. The van der Waals surface area contributed by atoms with E-state index >= 15 is 0 Å². The maximum absolute atomic E-state index is 11.9. The first-order valence-corrected chi connectivity index (χ1v) is 16.9. The van der Waals surface area contributed by atoms with E-state index in [1.807, 2.05) is 55.4 Å². The third kappa shape index (κ3) is 13.5. The normalized spacial score (nSPS) is 12.9. The van der Waals surface area contributed by atoms with Gasteiger partial charge in [-0.1, -0.05) is 13.8 Å². The number of ether oxygens (including phenoxy) is 2. The van der Waals surface area contributed by atoms with Crippen molar-refractivity contribution in [2.45, 2.75) is 107 Å². The fraction of sp³-hybridized carbons (Fsp3) is 0.905. The maximum atomic E-state index is 11.9. The van der Waals surface area contributed by atoms with Crippen molar-refractivity contribution >= 4 is 28.6 Å². The van der Waals surface area contributed by atoms with Gasteiger partial charge in [0.15, 0.2) is 8.32 Å². The Labute approximate surface area is 176 Å². The van der Waals surface area contributed by atoms with E-state index in [1.165, 1.54) is 0 Å². The molecule has 0 saturated carbocycles. The summed E-state index contributed by atoms with van der Waals surface area (Å²) in [6.45, 7) is 26.1. The monoisotopic (exact) mass is 434 g/mol. The summed E-state index contributed by atoms with van der Waals surface area (Å²) in [6.07, 6.45) is 2.06. The predicted molar refractivity (Wildman–Crippen MR) is 122 cm³/mol. The molecule has 0 fully saturated rings. The highest BCUT2D eigenvalue weighted by molar-refractivity contribution is 6.84. The SMILES string of the molecule is CCC(C)(C)C(=O)OC(C)C.CCC(C)(C)C(=O)OC[Si](C)(C)O[Si](C)(C)C. The van der Waals surface area contributed by atoms with Gasteiger partial charge in [-0.3, -0.25) is 9.59 Å². The summed E-state index contributed by atoms with van der Waals surface area (Å²) in [6, 6.07) is 0. The van der Waals surface area contributed by atoms with E-state index in [4.69, 9.17) is 13.6 Å². The lowest BCUT2D eigenvalue weighted by Gasteiger charge is -2.32. The largest absolute Gasteiger partial charge is 0.466 e. The molecule has 0 aliphatic heterocycles. The van der Waals surface area contributed by atoms with E-state index in [9.17, 15) is 9.59 Å². The van der Waals surface area contributed by atoms with Gasteiger partial charge in [0.05, 0.1) is 16.9 Å². The van der Waals surface area contributed by atoms with Gasteiger partial charge in [-0.2, -0.15) is 0 Å². The molecule has 0 N–H and O–H groups in total. The molecule has 0 heterocycles. The molecule has 0 spiro atoms. The van der Waals surface area contributed by atoms with Crippen LogP contribution in [0.1, 0.15) is 68.2 Å². The van der Waals surface area contributed by atoms with Crippen molar-refractivity contribution in [3.05, 3.63) is 0 Å². The average molecular weight is 435 g/mol. The van der Waals surface area contributed by atoms with Gasteiger partial charge >= 0.3 is 11.9 Å². The summed E-state index contributed by atoms with van der Waals surface area (Å²) >= 11 is 0. The van der Waals surface area contributed by atoms with Crippen LogP contribution in [0.25, 0.3) is 0 Å². The first kappa shape index (κ1) is 29.5. The topological polar surface area (TPSA) is 61.8 Å². The highest BCUT2D eigenvalue weighted by Crippen LogP contribution is 2.23. The Morgan fingerprint density at radius 3 is 1.54 bits per heavy atom. The third-order valence-corrected chi connectivity index (χ3v) is 9.85. The van der Waals surface area contributed by atoms with E-state index < -0.39 is 16.6 Å². The number of esters is 2. The van der Waals surface area contributed by atoms with Crippen LogP contribution in [0.4, 0.5) is 0 Å². The molecule has 0 bridgehead atoms. The Hall–Kier alpha value is -0.666. The van der Waals surface area contributed by atoms with Crippen molar-refractivity contribution in [1.82, 2.24) is 0 Å². The van der Waals surface area contributed by atoms with E-state index in [1.54, 1.807) is 0 Å². The van der Waals surface area contributed by atoms with Gasteiger partial charge in [0.1, 0.15) is 6.23 Å². The van der Waals surface area contributed by atoms with Crippen molar-refractivity contribution in [2.75, 3.05) is 6.23 Å². The molecule has 0 aromatic carbocycles. The molecule has 28 heavy (non-hydrogen) atoms. The van der Waals surface area contributed by atoms with Crippen LogP contribution in [0, 0.1) is 10.8 Å². The van der Waals surface area contributed by atoms with Crippen LogP contribution in [0.3, 0.4) is 0 Å². The van der Waals surface area contributed by atoms with E-state index in [0.717, 1.165) is 12.8 Å². The molecule has 5 nitrogen and oxygen atoms in total. The van der Waals surface area contributed by atoms with Crippen LogP contribution >= 0.6 is 0 Å². The number of hydrogen-bond donors (Lipinski definition) is 0. The summed E-state index contributed by atoms with van der Waals surface area (Å²) in [7, 11) is -3.42. The van der Waals surface area contributed by atoms with Crippen molar-refractivity contribution in [3.8, 4) is 0 Å². The molecule has 0 aliphatic carbocycles. The first-order valence-electron chi connectivity index (χ1n) is 10.4. The molecule has 7 heteroatoms. The Morgan fingerprint density at radius 2 is 1.21 bits per heavy atom. The van der Waals surface area contributed by atoms with Crippen molar-refractivity contribution in [1.29, 1.82) is 0 Å². The van der Waals surface area contributed by atoms with Gasteiger partial charge in [0.2, 0.25) is 8.32 Å².